The number of benzene rings is 2. The summed E-state index contributed by atoms with van der Waals surface area (Å²) in [4.78, 5) is 36.7. The van der Waals surface area contributed by atoms with Crippen LogP contribution in [0, 0.1) is 0 Å². The van der Waals surface area contributed by atoms with Crippen molar-refractivity contribution in [2.75, 3.05) is 0 Å². The van der Waals surface area contributed by atoms with Crippen molar-refractivity contribution in [3.63, 3.8) is 0 Å². The molecule has 0 spiro atoms. The minimum Gasteiger partial charge on any atom is -0.380 e. The highest BCUT2D eigenvalue weighted by molar-refractivity contribution is 6.01. The molecular weight excluding hydrogens is 432 g/mol. The van der Waals surface area contributed by atoms with Gasteiger partial charge in [0.25, 0.3) is 0 Å². The zero-order valence-corrected chi connectivity index (χ0v) is 22.2. The molecule has 0 saturated carbocycles. The van der Waals surface area contributed by atoms with Crippen LogP contribution in [0.1, 0.15) is 102 Å². The van der Waals surface area contributed by atoms with E-state index in [4.69, 9.17) is 19.6 Å². The van der Waals surface area contributed by atoms with E-state index >= 15 is 0 Å². The summed E-state index contributed by atoms with van der Waals surface area (Å²) >= 11 is 0. The van der Waals surface area contributed by atoms with Gasteiger partial charge in [0.05, 0.1) is 11.2 Å². The topological polar surface area (TPSA) is 74.2 Å². The summed E-state index contributed by atoms with van der Waals surface area (Å²) in [5.41, 5.74) is -1.03. The quantitative estimate of drug-likeness (QED) is 0.253. The fraction of sp³-hybridized carbons (Fsp3) is 0.536. The minimum atomic E-state index is -1.33. The normalized spacial score (nSPS) is 14.2. The molecule has 0 aliphatic rings. The van der Waals surface area contributed by atoms with Crippen LogP contribution in [0.4, 0.5) is 0 Å². The van der Waals surface area contributed by atoms with Crippen molar-refractivity contribution in [2.24, 2.45) is 0 Å². The maximum absolute atomic E-state index is 13.6. The van der Waals surface area contributed by atoms with E-state index in [2.05, 4.69) is 0 Å². The van der Waals surface area contributed by atoms with Gasteiger partial charge in [-0.3, -0.25) is 4.79 Å². The molecule has 0 saturated heterocycles. The van der Waals surface area contributed by atoms with Crippen LogP contribution < -0.4 is 0 Å². The lowest BCUT2D eigenvalue weighted by molar-refractivity contribution is -0.407. The molecule has 0 radical (unpaired) electrons. The zero-order chi connectivity index (χ0) is 25.9. The van der Waals surface area contributed by atoms with Gasteiger partial charge in [-0.25, -0.2) is 19.6 Å². The molecule has 0 amide bonds. The second-order valence-corrected chi connectivity index (χ2v) is 11.5. The van der Waals surface area contributed by atoms with Crippen LogP contribution in [0.2, 0.25) is 0 Å². The number of hydrogen-bond donors (Lipinski definition) is 1. The first-order valence-electron chi connectivity index (χ1n) is 11.6. The van der Waals surface area contributed by atoms with Gasteiger partial charge in [-0.1, -0.05) is 48.5 Å². The van der Waals surface area contributed by atoms with Crippen molar-refractivity contribution < 1.29 is 29.5 Å². The van der Waals surface area contributed by atoms with Crippen molar-refractivity contribution in [3.8, 4) is 0 Å². The summed E-state index contributed by atoms with van der Waals surface area (Å²) in [6.45, 7) is 18.7. The molecule has 0 aromatic heterocycles. The Kier molecular flexibility index (Phi) is 8.50. The van der Waals surface area contributed by atoms with E-state index < -0.39 is 34.3 Å². The Hall–Kier alpha value is -2.09. The lowest BCUT2D eigenvalue weighted by Crippen LogP contribution is -2.36. The first kappa shape index (κ1) is 28.1. The van der Waals surface area contributed by atoms with Crippen LogP contribution >= 0.6 is 0 Å². The van der Waals surface area contributed by atoms with Crippen molar-refractivity contribution in [3.05, 3.63) is 70.8 Å². The summed E-state index contributed by atoms with van der Waals surface area (Å²) in [5, 5.41) is 10.9. The number of Topliss-reactive ketones (excluding diaryl/α,β-unsaturated/α-hetero) is 1. The molecule has 1 unspecified atom stereocenters. The molecule has 34 heavy (non-hydrogen) atoms. The van der Waals surface area contributed by atoms with Gasteiger partial charge < -0.3 is 5.11 Å². The third-order valence-corrected chi connectivity index (χ3v) is 4.94. The lowest BCUT2D eigenvalue weighted by Gasteiger charge is -2.36. The van der Waals surface area contributed by atoms with Crippen molar-refractivity contribution in [2.45, 2.75) is 97.7 Å². The number of aliphatic hydroxyl groups is 1. The molecule has 2 rings (SSSR count). The highest BCUT2D eigenvalue weighted by Gasteiger charge is 2.39. The molecule has 6 heteroatoms. The lowest BCUT2D eigenvalue weighted by atomic mass is 9.80. The molecule has 2 aromatic carbocycles. The third-order valence-electron chi connectivity index (χ3n) is 4.94. The van der Waals surface area contributed by atoms with Gasteiger partial charge in [-0.2, -0.15) is 0 Å². The van der Waals surface area contributed by atoms with Gasteiger partial charge >= 0.3 is 0 Å². The molecule has 0 heterocycles. The predicted molar refractivity (Wildman–Crippen MR) is 132 cm³/mol. The number of carbonyl (C=O) groups excluding carboxylic acids is 1. The molecule has 0 aliphatic heterocycles. The van der Waals surface area contributed by atoms with Crippen LogP contribution in [-0.4, -0.2) is 22.1 Å². The molecular formula is C28H40O6. The predicted octanol–water partition coefficient (Wildman–Crippen LogP) is 6.57. The first-order chi connectivity index (χ1) is 15.4. The highest BCUT2D eigenvalue weighted by atomic mass is 17.2. The Labute approximate surface area is 204 Å². The molecule has 188 valence electrons. The van der Waals surface area contributed by atoms with E-state index in [1.54, 1.807) is 36.4 Å². The molecule has 0 fully saturated rings. The second kappa shape index (κ2) is 10.3. The summed E-state index contributed by atoms with van der Waals surface area (Å²) in [7, 11) is 0. The Bertz CT molecular complexity index is 965. The molecule has 1 N–H and O–H groups in total. The van der Waals surface area contributed by atoms with Crippen LogP contribution in [0.3, 0.4) is 0 Å². The molecule has 1 atom stereocenters. The maximum Gasteiger partial charge on any atom is 0.196 e. The van der Waals surface area contributed by atoms with Gasteiger partial charge in [0.2, 0.25) is 0 Å². The van der Waals surface area contributed by atoms with E-state index in [1.807, 2.05) is 81.4 Å². The summed E-state index contributed by atoms with van der Waals surface area (Å²) in [6, 6.07) is 14.2. The fourth-order valence-corrected chi connectivity index (χ4v) is 3.39. The summed E-state index contributed by atoms with van der Waals surface area (Å²) in [6.07, 6.45) is -1.33. The van der Waals surface area contributed by atoms with Crippen LogP contribution in [-0.2, 0) is 30.8 Å². The SMILES string of the molecule is CC(C)(C)OOC(C)(C)c1cccc(C(=O)C(O)c2ccccc2)c1C(C)(C)OOC(C)(C)C. The second-order valence-electron chi connectivity index (χ2n) is 11.5. The Morgan fingerprint density at radius 3 is 1.68 bits per heavy atom. The maximum atomic E-state index is 13.6. The van der Waals surface area contributed by atoms with E-state index in [0.717, 1.165) is 0 Å². The van der Waals surface area contributed by atoms with E-state index in [0.29, 0.717) is 22.3 Å². The largest absolute Gasteiger partial charge is 0.380 e. The average Bonchev–Trinajstić information content (AvgIpc) is 2.74. The molecule has 2 aromatic rings. The van der Waals surface area contributed by atoms with Gasteiger partial charge in [-0.05, 0) is 80.4 Å². The van der Waals surface area contributed by atoms with Gasteiger partial charge in [0.15, 0.2) is 5.78 Å². The van der Waals surface area contributed by atoms with Gasteiger partial charge in [0, 0.05) is 11.1 Å². The Morgan fingerprint density at radius 1 is 0.676 bits per heavy atom. The van der Waals surface area contributed by atoms with Gasteiger partial charge in [0.1, 0.15) is 17.3 Å². The smallest absolute Gasteiger partial charge is 0.196 e. The average molecular weight is 473 g/mol. The molecule has 0 aliphatic carbocycles. The highest BCUT2D eigenvalue weighted by Crippen LogP contribution is 2.40. The summed E-state index contributed by atoms with van der Waals surface area (Å²) in [5.74, 6) is -0.442. The van der Waals surface area contributed by atoms with E-state index in [9.17, 15) is 9.90 Å². The number of carbonyl (C=O) groups is 1. The standard InChI is InChI=1S/C28H40O6/c1-25(2,3)31-33-27(7,8)21-18-14-17-20(22(21)28(9,10)34-32-26(4,5)6)24(30)23(29)19-15-12-11-13-16-19/h11-18,23,29H,1-10H3. The van der Waals surface area contributed by atoms with Crippen molar-refractivity contribution >= 4 is 5.78 Å². The number of ketones is 1. The fourth-order valence-electron chi connectivity index (χ4n) is 3.39. The van der Waals surface area contributed by atoms with E-state index in [-0.39, 0.29) is 0 Å². The minimum absolute atomic E-state index is 0.323. The van der Waals surface area contributed by atoms with E-state index in [1.165, 1.54) is 0 Å². The van der Waals surface area contributed by atoms with Crippen LogP contribution in [0.15, 0.2) is 48.5 Å². The van der Waals surface area contributed by atoms with Gasteiger partial charge in [-0.15, -0.1) is 0 Å². The number of hydrogen-bond acceptors (Lipinski definition) is 6. The number of aliphatic hydroxyl groups excluding tert-OH is 1. The van der Waals surface area contributed by atoms with Crippen LogP contribution in [0.5, 0.6) is 0 Å². The first-order valence-corrected chi connectivity index (χ1v) is 11.6. The Balaban J connectivity index is 2.64. The molecule has 6 nitrogen and oxygen atoms in total. The zero-order valence-electron chi connectivity index (χ0n) is 22.2. The van der Waals surface area contributed by atoms with Crippen molar-refractivity contribution in [1.82, 2.24) is 0 Å². The monoisotopic (exact) mass is 472 g/mol. The third kappa shape index (κ3) is 7.45. The molecule has 0 bridgehead atoms. The van der Waals surface area contributed by atoms with Crippen LogP contribution in [0.25, 0.3) is 0 Å². The number of rotatable bonds is 9. The van der Waals surface area contributed by atoms with Crippen molar-refractivity contribution in [1.29, 1.82) is 0 Å². The Morgan fingerprint density at radius 2 is 1.18 bits per heavy atom. The summed E-state index contributed by atoms with van der Waals surface area (Å²) < 4.78 is 0.